The largest absolute Gasteiger partial charge is 0.496 e. The van der Waals surface area contributed by atoms with Crippen LogP contribution >= 0.6 is 0 Å². The number of carbonyl (C=O) groups excluding carboxylic acids is 1. The minimum absolute atomic E-state index is 0.0261. The molecule has 7 heteroatoms. The van der Waals surface area contributed by atoms with Crippen LogP contribution in [0.4, 0.5) is 0 Å². The van der Waals surface area contributed by atoms with Gasteiger partial charge in [0.25, 0.3) is 0 Å². The Bertz CT molecular complexity index is 789. The van der Waals surface area contributed by atoms with Crippen molar-refractivity contribution in [3.63, 3.8) is 0 Å². The third-order valence-electron chi connectivity index (χ3n) is 3.95. The molecule has 25 heavy (non-hydrogen) atoms. The number of ether oxygens (including phenoxy) is 4. The molecular weight excluding hydrogens is 324 g/mol. The third kappa shape index (κ3) is 3.44. The van der Waals surface area contributed by atoms with Crippen molar-refractivity contribution in [3.8, 4) is 11.8 Å². The zero-order valence-corrected chi connectivity index (χ0v) is 14.6. The molecule has 0 spiro atoms. The summed E-state index contributed by atoms with van der Waals surface area (Å²) in [6.07, 6.45) is 0. The van der Waals surface area contributed by atoms with E-state index in [1.807, 2.05) is 12.1 Å². The lowest BCUT2D eigenvalue weighted by atomic mass is 9.82. The average molecular weight is 344 g/mol. The number of nitrogens with zero attached hydrogens (tertiary/aromatic N) is 1. The second-order valence-corrected chi connectivity index (χ2v) is 5.39. The summed E-state index contributed by atoms with van der Waals surface area (Å²) >= 11 is 0. The van der Waals surface area contributed by atoms with Crippen molar-refractivity contribution in [1.29, 1.82) is 5.26 Å². The molecule has 0 aromatic heterocycles. The van der Waals surface area contributed by atoms with Gasteiger partial charge in [-0.1, -0.05) is 6.07 Å². The van der Waals surface area contributed by atoms with E-state index in [4.69, 9.17) is 24.7 Å². The fourth-order valence-electron chi connectivity index (χ4n) is 2.84. The zero-order chi connectivity index (χ0) is 18.6. The minimum Gasteiger partial charge on any atom is -0.496 e. The second-order valence-electron chi connectivity index (χ2n) is 5.39. The van der Waals surface area contributed by atoms with Gasteiger partial charge in [0.1, 0.15) is 23.2 Å². The quantitative estimate of drug-likeness (QED) is 0.816. The monoisotopic (exact) mass is 344 g/mol. The molecule has 1 atom stereocenters. The number of nitrogens with two attached hydrogens (primary N) is 1. The molecule has 1 aromatic carbocycles. The van der Waals surface area contributed by atoms with Crippen LogP contribution in [-0.4, -0.2) is 27.3 Å². The third-order valence-corrected chi connectivity index (χ3v) is 3.95. The van der Waals surface area contributed by atoms with Crippen molar-refractivity contribution in [2.45, 2.75) is 19.4 Å². The lowest BCUT2D eigenvalue weighted by Crippen LogP contribution is -2.25. The van der Waals surface area contributed by atoms with E-state index in [1.165, 1.54) is 7.11 Å². The molecule has 2 N–H and O–H groups in total. The molecule has 1 aromatic rings. The number of benzene rings is 1. The van der Waals surface area contributed by atoms with Crippen molar-refractivity contribution >= 4 is 5.97 Å². The summed E-state index contributed by atoms with van der Waals surface area (Å²) in [5, 5.41) is 9.53. The van der Waals surface area contributed by atoms with Crippen molar-refractivity contribution in [1.82, 2.24) is 0 Å². The molecule has 0 fully saturated rings. The highest BCUT2D eigenvalue weighted by molar-refractivity contribution is 5.92. The first-order valence-electron chi connectivity index (χ1n) is 7.50. The predicted molar refractivity (Wildman–Crippen MR) is 89.1 cm³/mol. The number of esters is 1. The van der Waals surface area contributed by atoms with Crippen LogP contribution in [0.5, 0.6) is 5.75 Å². The van der Waals surface area contributed by atoms with Crippen LogP contribution in [0.2, 0.25) is 0 Å². The van der Waals surface area contributed by atoms with Gasteiger partial charge in [0.15, 0.2) is 0 Å². The number of nitriles is 1. The van der Waals surface area contributed by atoms with Crippen molar-refractivity contribution < 1.29 is 23.7 Å². The summed E-state index contributed by atoms with van der Waals surface area (Å²) in [6, 6.07) is 7.39. The molecular formula is C18H20N2O5. The van der Waals surface area contributed by atoms with Gasteiger partial charge in [-0.05, 0) is 24.6 Å². The molecule has 7 nitrogen and oxygen atoms in total. The Kier molecular flexibility index (Phi) is 5.67. The average Bonchev–Trinajstić information content (AvgIpc) is 2.60. The lowest BCUT2D eigenvalue weighted by molar-refractivity contribution is -0.136. The molecule has 1 aliphatic heterocycles. The summed E-state index contributed by atoms with van der Waals surface area (Å²) in [4.78, 5) is 12.3. The van der Waals surface area contributed by atoms with Gasteiger partial charge in [-0.3, -0.25) is 0 Å². The smallest absolute Gasteiger partial charge is 0.338 e. The van der Waals surface area contributed by atoms with Crippen molar-refractivity contribution in [2.75, 3.05) is 21.3 Å². The van der Waals surface area contributed by atoms with Crippen LogP contribution in [0.1, 0.15) is 24.0 Å². The summed E-state index contributed by atoms with van der Waals surface area (Å²) < 4.78 is 20.7. The number of methoxy groups -OCH3 is 3. The normalized spacial score (nSPS) is 17.0. The lowest BCUT2D eigenvalue weighted by Gasteiger charge is -2.27. The zero-order valence-electron chi connectivity index (χ0n) is 14.6. The van der Waals surface area contributed by atoms with Crippen LogP contribution in [0.3, 0.4) is 0 Å². The van der Waals surface area contributed by atoms with E-state index in [0.29, 0.717) is 23.7 Å². The van der Waals surface area contributed by atoms with Crippen molar-refractivity contribution in [3.05, 3.63) is 52.1 Å². The Hall–Kier alpha value is -2.98. The van der Waals surface area contributed by atoms with E-state index >= 15 is 0 Å². The van der Waals surface area contributed by atoms with Crippen LogP contribution in [-0.2, 0) is 25.6 Å². The van der Waals surface area contributed by atoms with Crippen molar-refractivity contribution in [2.24, 2.45) is 5.73 Å². The van der Waals surface area contributed by atoms with Crippen LogP contribution in [0.15, 0.2) is 41.0 Å². The van der Waals surface area contributed by atoms with E-state index in [-0.39, 0.29) is 17.0 Å². The molecule has 1 heterocycles. The summed E-state index contributed by atoms with van der Waals surface area (Å²) in [5.41, 5.74) is 7.73. The van der Waals surface area contributed by atoms with Crippen LogP contribution < -0.4 is 10.5 Å². The van der Waals surface area contributed by atoms with Gasteiger partial charge in [0.05, 0.1) is 32.3 Å². The molecule has 0 aliphatic carbocycles. The standard InChI is InChI=1S/C18H20N2O5/c1-10-15(18(21)24-4)16(13(8-19)17(20)25-10)11-5-6-14(23-3)12(7-11)9-22-2/h5-7,16H,9,20H2,1-4H3. The SMILES string of the molecule is COCc1cc(C2C(C#N)=C(N)OC(C)=C2C(=O)OC)ccc1OC. The Morgan fingerprint density at radius 1 is 1.36 bits per heavy atom. The van der Waals surface area contributed by atoms with E-state index in [9.17, 15) is 10.1 Å². The first-order chi connectivity index (χ1) is 12.0. The van der Waals surface area contributed by atoms with Crippen LogP contribution in [0, 0.1) is 11.3 Å². The first-order valence-corrected chi connectivity index (χ1v) is 7.50. The van der Waals surface area contributed by atoms with Gasteiger partial charge in [0.2, 0.25) is 5.88 Å². The highest BCUT2D eigenvalue weighted by atomic mass is 16.5. The minimum atomic E-state index is -0.687. The van der Waals surface area contributed by atoms with Gasteiger partial charge >= 0.3 is 5.97 Å². The van der Waals surface area contributed by atoms with Gasteiger partial charge in [-0.15, -0.1) is 0 Å². The molecule has 132 valence electrons. The topological polar surface area (TPSA) is 104 Å². The van der Waals surface area contributed by atoms with Gasteiger partial charge < -0.3 is 24.7 Å². The number of allylic oxidation sites excluding steroid dienone is 2. The molecule has 0 saturated heterocycles. The Labute approximate surface area is 146 Å². The molecule has 1 unspecified atom stereocenters. The highest BCUT2D eigenvalue weighted by Crippen LogP contribution is 2.40. The molecule has 0 saturated carbocycles. The number of rotatable bonds is 5. The van der Waals surface area contributed by atoms with E-state index in [2.05, 4.69) is 0 Å². The summed E-state index contributed by atoms with van der Waals surface area (Å²) in [5.74, 6) is -0.341. The Morgan fingerprint density at radius 3 is 2.64 bits per heavy atom. The molecule has 2 rings (SSSR count). The molecule has 1 aliphatic rings. The number of carbonyl (C=O) groups is 1. The predicted octanol–water partition coefficient (Wildman–Crippen LogP) is 2.10. The van der Waals surface area contributed by atoms with Gasteiger partial charge in [-0.2, -0.15) is 5.26 Å². The van der Waals surface area contributed by atoms with Gasteiger partial charge in [0, 0.05) is 12.7 Å². The fourth-order valence-corrected chi connectivity index (χ4v) is 2.84. The maximum absolute atomic E-state index is 12.3. The molecule has 0 radical (unpaired) electrons. The van der Waals surface area contributed by atoms with Gasteiger partial charge in [-0.25, -0.2) is 4.79 Å². The number of hydrogen-bond donors (Lipinski definition) is 1. The first kappa shape index (κ1) is 18.4. The van der Waals surface area contributed by atoms with E-state index in [1.54, 1.807) is 33.3 Å². The summed E-state index contributed by atoms with van der Waals surface area (Å²) in [7, 11) is 4.41. The maximum atomic E-state index is 12.3. The Morgan fingerprint density at radius 2 is 2.08 bits per heavy atom. The van der Waals surface area contributed by atoms with Crippen LogP contribution in [0.25, 0.3) is 0 Å². The van der Waals surface area contributed by atoms with E-state index in [0.717, 1.165) is 5.56 Å². The molecule has 0 amide bonds. The molecule has 0 bridgehead atoms. The summed E-state index contributed by atoms with van der Waals surface area (Å²) in [6.45, 7) is 1.93. The number of hydrogen-bond acceptors (Lipinski definition) is 7. The second kappa shape index (κ2) is 7.73. The van der Waals surface area contributed by atoms with E-state index < -0.39 is 11.9 Å². The maximum Gasteiger partial charge on any atom is 0.338 e. The Balaban J connectivity index is 2.66. The highest BCUT2D eigenvalue weighted by Gasteiger charge is 2.36. The fraction of sp³-hybridized carbons (Fsp3) is 0.333.